The number of amides is 1. The fourth-order valence-corrected chi connectivity index (χ4v) is 3.24. The average Bonchev–Trinajstić information content (AvgIpc) is 3.01. The van der Waals surface area contributed by atoms with Gasteiger partial charge in [-0.25, -0.2) is 0 Å². The van der Waals surface area contributed by atoms with Gasteiger partial charge in [0.05, 0.1) is 0 Å². The molecule has 0 unspecified atom stereocenters. The van der Waals surface area contributed by atoms with Crippen LogP contribution >= 0.6 is 0 Å². The van der Waals surface area contributed by atoms with E-state index in [0.717, 1.165) is 17.6 Å². The molecule has 0 saturated carbocycles. The lowest BCUT2D eigenvalue weighted by Crippen LogP contribution is -2.22. The summed E-state index contributed by atoms with van der Waals surface area (Å²) in [6, 6.07) is 9.71. The van der Waals surface area contributed by atoms with Crippen LogP contribution in [0.3, 0.4) is 0 Å². The highest BCUT2D eigenvalue weighted by molar-refractivity contribution is 5.84. The fraction of sp³-hybridized carbons (Fsp3) is 0.370. The van der Waals surface area contributed by atoms with E-state index in [-0.39, 0.29) is 23.3 Å². The minimum absolute atomic E-state index is 0.0854. The van der Waals surface area contributed by atoms with Gasteiger partial charge in [-0.1, -0.05) is 39.0 Å². The minimum atomic E-state index is 0.0854. The Hall–Kier alpha value is -3.21. The zero-order valence-corrected chi connectivity index (χ0v) is 20.7. The van der Waals surface area contributed by atoms with E-state index in [1.165, 1.54) is 28.1 Å². The summed E-state index contributed by atoms with van der Waals surface area (Å²) >= 11 is 0. The van der Waals surface area contributed by atoms with Crippen LogP contribution in [0.5, 0.6) is 11.5 Å². The monoisotopic (exact) mass is 438 g/mol. The molecule has 3 N–H and O–H groups in total. The molecule has 0 bridgehead atoms. The number of aryl methyl sites for hydroxylation is 4. The van der Waals surface area contributed by atoms with E-state index in [2.05, 4.69) is 61.8 Å². The van der Waals surface area contributed by atoms with Crippen molar-refractivity contribution < 1.29 is 15.0 Å². The SMILES string of the molecule is C=C(C)c1cc(CC)c(O)cc1O.CNC(=O)C(C)C.Cc1ccc2c(c1)c(C)cn2C. The van der Waals surface area contributed by atoms with Gasteiger partial charge in [0.2, 0.25) is 5.91 Å². The zero-order chi connectivity index (χ0) is 24.6. The van der Waals surface area contributed by atoms with Crippen molar-refractivity contribution in [3.05, 3.63) is 65.4 Å². The summed E-state index contributed by atoms with van der Waals surface area (Å²) < 4.78 is 2.17. The summed E-state index contributed by atoms with van der Waals surface area (Å²) in [5.41, 5.74) is 6.34. The average molecular weight is 439 g/mol. The number of rotatable bonds is 3. The lowest BCUT2D eigenvalue weighted by Gasteiger charge is -2.08. The smallest absolute Gasteiger partial charge is 0.222 e. The molecule has 3 rings (SSSR count). The molecule has 0 atom stereocenters. The van der Waals surface area contributed by atoms with Crippen LogP contribution in [-0.2, 0) is 18.3 Å². The molecule has 0 aliphatic heterocycles. The summed E-state index contributed by atoms with van der Waals surface area (Å²) in [5, 5.41) is 22.8. The number of phenols is 2. The maximum Gasteiger partial charge on any atom is 0.222 e. The lowest BCUT2D eigenvalue weighted by molar-refractivity contribution is -0.123. The highest BCUT2D eigenvalue weighted by atomic mass is 16.3. The van der Waals surface area contributed by atoms with E-state index >= 15 is 0 Å². The Kier molecular flexibility index (Phi) is 10.0. The number of aromatic nitrogens is 1. The third-order valence-electron chi connectivity index (χ3n) is 5.15. The van der Waals surface area contributed by atoms with Crippen LogP contribution in [0.2, 0.25) is 0 Å². The molecule has 1 amide bonds. The molecular weight excluding hydrogens is 400 g/mol. The molecule has 0 spiro atoms. The Balaban J connectivity index is 0.000000252. The van der Waals surface area contributed by atoms with Crippen LogP contribution in [-0.4, -0.2) is 27.7 Å². The van der Waals surface area contributed by atoms with Gasteiger partial charge in [0.1, 0.15) is 11.5 Å². The molecule has 0 radical (unpaired) electrons. The first-order valence-electron chi connectivity index (χ1n) is 10.9. The van der Waals surface area contributed by atoms with E-state index in [0.29, 0.717) is 5.56 Å². The highest BCUT2D eigenvalue weighted by Crippen LogP contribution is 2.31. The number of hydrogen-bond acceptors (Lipinski definition) is 3. The number of hydrogen-bond donors (Lipinski definition) is 3. The Morgan fingerprint density at radius 3 is 2.22 bits per heavy atom. The van der Waals surface area contributed by atoms with Gasteiger partial charge < -0.3 is 20.1 Å². The van der Waals surface area contributed by atoms with Crippen LogP contribution in [0.25, 0.3) is 16.5 Å². The normalized spacial score (nSPS) is 10.2. The topological polar surface area (TPSA) is 74.5 Å². The number of nitrogens with one attached hydrogen (secondary N) is 1. The van der Waals surface area contributed by atoms with E-state index in [1.807, 2.05) is 27.7 Å². The van der Waals surface area contributed by atoms with Crippen LogP contribution in [0.4, 0.5) is 0 Å². The van der Waals surface area contributed by atoms with Gasteiger partial charge in [-0.15, -0.1) is 0 Å². The molecule has 3 aromatic rings. The third-order valence-corrected chi connectivity index (χ3v) is 5.15. The predicted molar refractivity (Wildman–Crippen MR) is 135 cm³/mol. The molecule has 0 saturated heterocycles. The number of aromatic hydroxyl groups is 2. The van der Waals surface area contributed by atoms with Crippen molar-refractivity contribution in [2.45, 2.75) is 48.0 Å². The molecule has 32 heavy (non-hydrogen) atoms. The molecule has 2 aromatic carbocycles. The quantitative estimate of drug-likeness (QED) is 0.478. The first-order chi connectivity index (χ1) is 14.9. The summed E-state index contributed by atoms with van der Waals surface area (Å²) in [4.78, 5) is 10.4. The van der Waals surface area contributed by atoms with Crippen molar-refractivity contribution in [3.63, 3.8) is 0 Å². The van der Waals surface area contributed by atoms with Crippen molar-refractivity contribution in [2.24, 2.45) is 13.0 Å². The number of benzene rings is 2. The van der Waals surface area contributed by atoms with Crippen molar-refractivity contribution in [2.75, 3.05) is 7.05 Å². The third kappa shape index (κ3) is 7.19. The van der Waals surface area contributed by atoms with Crippen LogP contribution < -0.4 is 5.32 Å². The Bertz CT molecular complexity index is 1080. The molecule has 0 aliphatic carbocycles. The molecule has 1 aromatic heterocycles. The number of nitrogens with zero attached hydrogens (tertiary/aromatic N) is 1. The first kappa shape index (κ1) is 26.8. The van der Waals surface area contributed by atoms with E-state index in [1.54, 1.807) is 13.1 Å². The Morgan fingerprint density at radius 1 is 1.12 bits per heavy atom. The summed E-state index contributed by atoms with van der Waals surface area (Å²) in [7, 11) is 3.73. The predicted octanol–water partition coefficient (Wildman–Crippen LogP) is 5.88. The van der Waals surface area contributed by atoms with Crippen molar-refractivity contribution >= 4 is 22.4 Å². The van der Waals surface area contributed by atoms with E-state index in [4.69, 9.17) is 0 Å². The minimum Gasteiger partial charge on any atom is -0.508 e. The summed E-state index contributed by atoms with van der Waals surface area (Å²) in [5.74, 6) is 0.442. The first-order valence-corrected chi connectivity index (χ1v) is 10.9. The molecule has 0 fully saturated rings. The number of carbonyl (C=O) groups is 1. The Morgan fingerprint density at radius 2 is 1.75 bits per heavy atom. The van der Waals surface area contributed by atoms with Crippen LogP contribution in [0.1, 0.15) is 49.9 Å². The highest BCUT2D eigenvalue weighted by Gasteiger charge is 2.07. The second-order valence-electron chi connectivity index (χ2n) is 8.34. The molecule has 1 heterocycles. The largest absolute Gasteiger partial charge is 0.508 e. The summed E-state index contributed by atoms with van der Waals surface area (Å²) in [6.07, 6.45) is 2.91. The van der Waals surface area contributed by atoms with Gasteiger partial charge in [-0.3, -0.25) is 4.79 Å². The standard InChI is InChI=1S/C11H13N.C11H14O2.C5H11NO/c1-8-4-5-11-10(6-8)9(2)7-12(11)3;1-4-8-5-9(7(2)3)11(13)6-10(8)12;1-4(2)5(7)6-3/h4-7H,1-3H3;5-6,12-13H,2,4H2,1,3H3;4H,1-3H3,(H,6,7). The summed E-state index contributed by atoms with van der Waals surface area (Å²) in [6.45, 7) is 15.5. The molecular formula is C27H38N2O3. The molecule has 5 nitrogen and oxygen atoms in total. The fourth-order valence-electron chi connectivity index (χ4n) is 3.24. The molecule has 174 valence electrons. The van der Waals surface area contributed by atoms with Crippen molar-refractivity contribution in [1.82, 2.24) is 9.88 Å². The lowest BCUT2D eigenvalue weighted by atomic mass is 10.0. The second-order valence-corrected chi connectivity index (χ2v) is 8.34. The maximum absolute atomic E-state index is 10.4. The number of carbonyl (C=O) groups excluding carboxylic acids is 1. The van der Waals surface area contributed by atoms with Crippen molar-refractivity contribution in [1.29, 1.82) is 0 Å². The van der Waals surface area contributed by atoms with Gasteiger partial charge in [0, 0.05) is 48.7 Å². The molecule has 0 aliphatic rings. The van der Waals surface area contributed by atoms with Gasteiger partial charge in [-0.2, -0.15) is 0 Å². The van der Waals surface area contributed by atoms with Crippen LogP contribution in [0, 0.1) is 19.8 Å². The van der Waals surface area contributed by atoms with Crippen LogP contribution in [0.15, 0.2) is 43.1 Å². The number of fused-ring (bicyclic) bond motifs is 1. The van der Waals surface area contributed by atoms with Gasteiger partial charge in [0.25, 0.3) is 0 Å². The van der Waals surface area contributed by atoms with E-state index in [9.17, 15) is 15.0 Å². The second kappa shape index (κ2) is 12.0. The van der Waals surface area contributed by atoms with Crippen molar-refractivity contribution in [3.8, 4) is 11.5 Å². The molecule has 5 heteroatoms. The number of allylic oxidation sites excluding steroid dienone is 1. The van der Waals surface area contributed by atoms with E-state index < -0.39 is 0 Å². The van der Waals surface area contributed by atoms with Gasteiger partial charge in [-0.05, 0) is 62.1 Å². The maximum atomic E-state index is 10.4. The van der Waals surface area contributed by atoms with Gasteiger partial charge >= 0.3 is 0 Å². The Labute approximate surface area is 192 Å². The number of phenolic OH excluding ortho intramolecular Hbond substituents is 2. The van der Waals surface area contributed by atoms with Gasteiger partial charge in [0.15, 0.2) is 0 Å². The zero-order valence-electron chi connectivity index (χ0n) is 20.7.